The predicted octanol–water partition coefficient (Wildman–Crippen LogP) is 4.08. The molecular weight excluding hydrogens is 249 g/mol. The first-order valence-electron chi connectivity index (χ1n) is 5.85. The Bertz CT molecular complexity index is 523. The first-order valence-corrected chi connectivity index (χ1v) is 6.23. The zero-order valence-corrected chi connectivity index (χ0v) is 11.0. The molecule has 0 aliphatic rings. The van der Waals surface area contributed by atoms with Crippen LogP contribution in [0.5, 0.6) is 0 Å². The van der Waals surface area contributed by atoms with Gasteiger partial charge in [-0.15, -0.1) is 0 Å². The zero-order chi connectivity index (χ0) is 13.0. The van der Waals surface area contributed by atoms with Gasteiger partial charge in [-0.05, 0) is 41.8 Å². The molecule has 94 valence electrons. The van der Waals surface area contributed by atoms with Crippen molar-refractivity contribution >= 4 is 11.6 Å². The smallest absolute Gasteiger partial charge is 0.123 e. The van der Waals surface area contributed by atoms with Crippen LogP contribution in [0.3, 0.4) is 0 Å². The van der Waals surface area contributed by atoms with Gasteiger partial charge in [-0.1, -0.05) is 35.9 Å². The number of hydrogen-bond acceptors (Lipinski definition) is 1. The molecule has 0 fully saturated rings. The summed E-state index contributed by atoms with van der Waals surface area (Å²) in [6.45, 7) is 3.45. The molecule has 0 spiro atoms. The third kappa shape index (κ3) is 3.56. The number of benzene rings is 2. The highest BCUT2D eigenvalue weighted by Crippen LogP contribution is 2.16. The van der Waals surface area contributed by atoms with Crippen LogP contribution in [-0.4, -0.2) is 0 Å². The standard InChI is InChI=1S/C15H15ClFN/c1-11-2-3-13(8-15(11)16)10-18-9-12-4-6-14(17)7-5-12/h2-8,18H,9-10H2,1H3. The van der Waals surface area contributed by atoms with Crippen molar-refractivity contribution in [2.45, 2.75) is 20.0 Å². The van der Waals surface area contributed by atoms with E-state index in [1.807, 2.05) is 19.1 Å². The number of aryl methyl sites for hydroxylation is 1. The Hall–Kier alpha value is -1.38. The molecule has 0 unspecified atom stereocenters. The van der Waals surface area contributed by atoms with Crippen molar-refractivity contribution in [3.05, 3.63) is 70.0 Å². The van der Waals surface area contributed by atoms with Gasteiger partial charge in [0.1, 0.15) is 5.82 Å². The lowest BCUT2D eigenvalue weighted by Gasteiger charge is -2.06. The molecule has 2 rings (SSSR count). The molecule has 0 bridgehead atoms. The monoisotopic (exact) mass is 263 g/mol. The molecule has 0 amide bonds. The quantitative estimate of drug-likeness (QED) is 0.877. The van der Waals surface area contributed by atoms with E-state index in [1.165, 1.54) is 12.1 Å². The summed E-state index contributed by atoms with van der Waals surface area (Å²) in [6.07, 6.45) is 0. The van der Waals surface area contributed by atoms with E-state index in [1.54, 1.807) is 12.1 Å². The van der Waals surface area contributed by atoms with E-state index in [0.717, 1.165) is 28.3 Å². The lowest BCUT2D eigenvalue weighted by molar-refractivity contribution is 0.625. The molecule has 0 atom stereocenters. The lowest BCUT2D eigenvalue weighted by atomic mass is 10.1. The predicted molar refractivity (Wildman–Crippen MR) is 73.1 cm³/mol. The highest BCUT2D eigenvalue weighted by atomic mass is 35.5. The fraction of sp³-hybridized carbons (Fsp3) is 0.200. The molecular formula is C15H15ClFN. The maximum atomic E-state index is 12.7. The largest absolute Gasteiger partial charge is 0.309 e. The molecule has 0 heterocycles. The van der Waals surface area contributed by atoms with Gasteiger partial charge < -0.3 is 5.32 Å². The minimum absolute atomic E-state index is 0.205. The molecule has 1 nitrogen and oxygen atoms in total. The Morgan fingerprint density at radius 1 is 1.00 bits per heavy atom. The third-order valence-corrected chi connectivity index (χ3v) is 3.21. The van der Waals surface area contributed by atoms with Crippen LogP contribution >= 0.6 is 11.6 Å². The van der Waals surface area contributed by atoms with E-state index < -0.39 is 0 Å². The van der Waals surface area contributed by atoms with E-state index in [-0.39, 0.29) is 5.82 Å². The second-order valence-corrected chi connectivity index (χ2v) is 4.72. The lowest BCUT2D eigenvalue weighted by Crippen LogP contribution is -2.12. The van der Waals surface area contributed by atoms with Crippen LogP contribution in [0, 0.1) is 12.7 Å². The molecule has 1 N–H and O–H groups in total. The third-order valence-electron chi connectivity index (χ3n) is 2.81. The second-order valence-electron chi connectivity index (χ2n) is 4.31. The van der Waals surface area contributed by atoms with Crippen molar-refractivity contribution < 1.29 is 4.39 Å². The van der Waals surface area contributed by atoms with E-state index in [4.69, 9.17) is 11.6 Å². The molecule has 0 saturated carbocycles. The summed E-state index contributed by atoms with van der Waals surface area (Å²) in [5, 5.41) is 4.09. The first-order chi connectivity index (χ1) is 8.65. The molecule has 0 aliphatic carbocycles. The number of nitrogens with one attached hydrogen (secondary N) is 1. The topological polar surface area (TPSA) is 12.0 Å². The molecule has 0 aromatic heterocycles. The molecule has 0 aliphatic heterocycles. The van der Waals surface area contributed by atoms with Gasteiger partial charge in [0.2, 0.25) is 0 Å². The van der Waals surface area contributed by atoms with Gasteiger partial charge >= 0.3 is 0 Å². The van der Waals surface area contributed by atoms with E-state index in [0.29, 0.717) is 6.54 Å². The average molecular weight is 264 g/mol. The summed E-state index contributed by atoms with van der Waals surface area (Å²) < 4.78 is 12.7. The van der Waals surface area contributed by atoms with Crippen molar-refractivity contribution in [1.29, 1.82) is 0 Å². The normalized spacial score (nSPS) is 10.6. The summed E-state index contributed by atoms with van der Waals surface area (Å²) in [5.41, 5.74) is 3.29. The number of rotatable bonds is 4. The maximum Gasteiger partial charge on any atom is 0.123 e. The minimum atomic E-state index is -0.205. The van der Waals surface area contributed by atoms with Crippen LogP contribution in [0.15, 0.2) is 42.5 Å². The van der Waals surface area contributed by atoms with Crippen LogP contribution in [0.2, 0.25) is 5.02 Å². The SMILES string of the molecule is Cc1ccc(CNCc2ccc(F)cc2)cc1Cl. The maximum absolute atomic E-state index is 12.7. The summed E-state index contributed by atoms with van der Waals surface area (Å²) >= 11 is 6.06. The fourth-order valence-corrected chi connectivity index (χ4v) is 1.90. The molecule has 2 aromatic carbocycles. The number of halogens is 2. The van der Waals surface area contributed by atoms with Crippen LogP contribution in [-0.2, 0) is 13.1 Å². The molecule has 0 radical (unpaired) electrons. The Kier molecular flexibility index (Phi) is 4.34. The minimum Gasteiger partial charge on any atom is -0.309 e. The van der Waals surface area contributed by atoms with Crippen molar-refractivity contribution in [3.8, 4) is 0 Å². The van der Waals surface area contributed by atoms with Crippen molar-refractivity contribution in [2.75, 3.05) is 0 Å². The Labute approximate surface area is 112 Å². The Balaban J connectivity index is 1.88. The van der Waals surface area contributed by atoms with Crippen LogP contribution in [0.25, 0.3) is 0 Å². The van der Waals surface area contributed by atoms with Gasteiger partial charge in [0.25, 0.3) is 0 Å². The van der Waals surface area contributed by atoms with Crippen molar-refractivity contribution in [1.82, 2.24) is 5.32 Å². The van der Waals surface area contributed by atoms with Crippen molar-refractivity contribution in [2.24, 2.45) is 0 Å². The van der Waals surface area contributed by atoms with Crippen LogP contribution < -0.4 is 5.32 Å². The summed E-state index contributed by atoms with van der Waals surface area (Å²) in [6, 6.07) is 12.5. The van der Waals surface area contributed by atoms with E-state index in [2.05, 4.69) is 11.4 Å². The highest BCUT2D eigenvalue weighted by molar-refractivity contribution is 6.31. The molecule has 2 aromatic rings. The van der Waals surface area contributed by atoms with Gasteiger partial charge in [0.15, 0.2) is 0 Å². The van der Waals surface area contributed by atoms with Gasteiger partial charge in [-0.3, -0.25) is 0 Å². The van der Waals surface area contributed by atoms with Crippen LogP contribution in [0.1, 0.15) is 16.7 Å². The second kappa shape index (κ2) is 5.98. The van der Waals surface area contributed by atoms with Gasteiger partial charge in [0.05, 0.1) is 0 Å². The summed E-state index contributed by atoms with van der Waals surface area (Å²) in [5.74, 6) is -0.205. The molecule has 3 heteroatoms. The van der Waals surface area contributed by atoms with Gasteiger partial charge in [-0.2, -0.15) is 0 Å². The Morgan fingerprint density at radius 3 is 2.28 bits per heavy atom. The molecule has 0 saturated heterocycles. The first kappa shape index (κ1) is 13.1. The highest BCUT2D eigenvalue weighted by Gasteiger charge is 1.98. The fourth-order valence-electron chi connectivity index (χ4n) is 1.70. The van der Waals surface area contributed by atoms with E-state index in [9.17, 15) is 4.39 Å². The average Bonchev–Trinajstić information content (AvgIpc) is 2.36. The Morgan fingerprint density at radius 2 is 1.61 bits per heavy atom. The van der Waals surface area contributed by atoms with Crippen molar-refractivity contribution in [3.63, 3.8) is 0 Å². The molecule has 18 heavy (non-hydrogen) atoms. The summed E-state index contributed by atoms with van der Waals surface area (Å²) in [4.78, 5) is 0. The van der Waals surface area contributed by atoms with Gasteiger partial charge in [-0.25, -0.2) is 4.39 Å². The zero-order valence-electron chi connectivity index (χ0n) is 10.2. The number of hydrogen-bond donors (Lipinski definition) is 1. The van der Waals surface area contributed by atoms with E-state index >= 15 is 0 Å². The van der Waals surface area contributed by atoms with Gasteiger partial charge in [0, 0.05) is 18.1 Å². The van der Waals surface area contributed by atoms with Crippen LogP contribution in [0.4, 0.5) is 4.39 Å². The summed E-state index contributed by atoms with van der Waals surface area (Å²) in [7, 11) is 0.